The number of anilines is 2. The Hall–Kier alpha value is -2.66. The molecule has 5 nitrogen and oxygen atoms in total. The minimum absolute atomic E-state index is 0.0856. The van der Waals surface area contributed by atoms with E-state index in [9.17, 15) is 9.59 Å². The fourth-order valence-corrected chi connectivity index (χ4v) is 2.05. The summed E-state index contributed by atoms with van der Waals surface area (Å²) in [5, 5.41) is 8.50. The number of nitrogens with zero attached hydrogens (tertiary/aromatic N) is 1. The molecule has 2 aromatic carbocycles. The normalized spacial score (nSPS) is 10.0. The predicted molar refractivity (Wildman–Crippen MR) is 79.5 cm³/mol. The van der Waals surface area contributed by atoms with Gasteiger partial charge in [0.05, 0.1) is 6.42 Å². The molecule has 0 radical (unpaired) electrons. The van der Waals surface area contributed by atoms with Crippen LogP contribution in [0.15, 0.2) is 48.5 Å². The quantitative estimate of drug-likeness (QED) is 0.503. The van der Waals surface area contributed by atoms with Crippen LogP contribution in [0.4, 0.5) is 11.4 Å². The summed E-state index contributed by atoms with van der Waals surface area (Å²) in [5.74, 6) is -0.478. The largest absolute Gasteiger partial charge is 0.289 e. The van der Waals surface area contributed by atoms with Gasteiger partial charge in [0.15, 0.2) is 0 Å². The SMILES string of the molecule is Cc1cccc(N(C=O)c2ccc(CC(=O)NO)cc2)c1. The lowest BCUT2D eigenvalue weighted by Crippen LogP contribution is -2.20. The van der Waals surface area contributed by atoms with Crippen molar-refractivity contribution in [2.45, 2.75) is 13.3 Å². The van der Waals surface area contributed by atoms with E-state index in [1.807, 2.05) is 31.2 Å². The van der Waals surface area contributed by atoms with Crippen LogP contribution in [-0.2, 0) is 16.0 Å². The van der Waals surface area contributed by atoms with Gasteiger partial charge in [0.2, 0.25) is 12.3 Å². The average Bonchev–Trinajstić information content (AvgIpc) is 2.50. The summed E-state index contributed by atoms with van der Waals surface area (Å²) in [7, 11) is 0. The van der Waals surface area contributed by atoms with Crippen LogP contribution in [0.25, 0.3) is 0 Å². The Morgan fingerprint density at radius 1 is 1.19 bits per heavy atom. The molecule has 0 atom stereocenters. The summed E-state index contributed by atoms with van der Waals surface area (Å²) in [6, 6.07) is 14.6. The molecule has 21 heavy (non-hydrogen) atoms. The van der Waals surface area contributed by atoms with Gasteiger partial charge in [-0.05, 0) is 42.3 Å². The number of nitrogens with one attached hydrogen (secondary N) is 1. The number of hydrogen-bond acceptors (Lipinski definition) is 3. The predicted octanol–water partition coefficient (Wildman–Crippen LogP) is 2.34. The van der Waals surface area contributed by atoms with Crippen LogP contribution >= 0.6 is 0 Å². The molecule has 0 spiro atoms. The van der Waals surface area contributed by atoms with Gasteiger partial charge < -0.3 is 0 Å². The molecule has 108 valence electrons. The number of aryl methyl sites for hydroxylation is 1. The van der Waals surface area contributed by atoms with Gasteiger partial charge in [0, 0.05) is 11.4 Å². The highest BCUT2D eigenvalue weighted by atomic mass is 16.5. The van der Waals surface area contributed by atoms with Crippen LogP contribution < -0.4 is 10.4 Å². The van der Waals surface area contributed by atoms with Gasteiger partial charge in [-0.15, -0.1) is 0 Å². The lowest BCUT2D eigenvalue weighted by Gasteiger charge is -2.18. The fraction of sp³-hybridized carbons (Fsp3) is 0.125. The molecule has 2 amide bonds. The lowest BCUT2D eigenvalue weighted by atomic mass is 10.1. The van der Waals surface area contributed by atoms with E-state index in [0.29, 0.717) is 5.69 Å². The molecule has 0 aliphatic rings. The maximum Gasteiger partial charge on any atom is 0.247 e. The Kier molecular flexibility index (Phi) is 4.68. The number of hydroxylamine groups is 1. The first kappa shape index (κ1) is 14.7. The molecule has 0 bridgehead atoms. The zero-order valence-electron chi connectivity index (χ0n) is 11.6. The van der Waals surface area contributed by atoms with Gasteiger partial charge in [-0.1, -0.05) is 24.3 Å². The topological polar surface area (TPSA) is 69.6 Å². The molecule has 2 rings (SSSR count). The van der Waals surface area contributed by atoms with Crippen molar-refractivity contribution in [1.29, 1.82) is 0 Å². The van der Waals surface area contributed by atoms with Crippen molar-refractivity contribution in [3.8, 4) is 0 Å². The van der Waals surface area contributed by atoms with Gasteiger partial charge in [-0.3, -0.25) is 19.7 Å². The molecule has 0 aliphatic heterocycles. The summed E-state index contributed by atoms with van der Waals surface area (Å²) in [5.41, 5.74) is 4.90. The first-order valence-corrected chi connectivity index (χ1v) is 6.47. The maximum atomic E-state index is 11.4. The summed E-state index contributed by atoms with van der Waals surface area (Å²) < 4.78 is 0. The second-order valence-corrected chi connectivity index (χ2v) is 4.69. The summed E-state index contributed by atoms with van der Waals surface area (Å²) in [6.07, 6.45) is 0.840. The first-order valence-electron chi connectivity index (χ1n) is 6.47. The van der Waals surface area contributed by atoms with E-state index in [1.165, 1.54) is 4.90 Å². The highest BCUT2D eigenvalue weighted by molar-refractivity contribution is 5.86. The van der Waals surface area contributed by atoms with Crippen LogP contribution in [0.3, 0.4) is 0 Å². The number of carbonyl (C=O) groups is 2. The van der Waals surface area contributed by atoms with E-state index >= 15 is 0 Å². The molecule has 0 saturated carbocycles. The zero-order valence-corrected chi connectivity index (χ0v) is 11.6. The molecule has 0 saturated heterocycles. The van der Waals surface area contributed by atoms with Gasteiger partial charge >= 0.3 is 0 Å². The van der Waals surface area contributed by atoms with E-state index < -0.39 is 5.91 Å². The van der Waals surface area contributed by atoms with Crippen molar-refractivity contribution in [1.82, 2.24) is 5.48 Å². The Morgan fingerprint density at radius 2 is 1.90 bits per heavy atom. The van der Waals surface area contributed by atoms with Crippen LogP contribution in [0.2, 0.25) is 0 Å². The molecule has 0 aliphatic carbocycles. The molecule has 0 unspecified atom stereocenters. The number of hydrogen-bond donors (Lipinski definition) is 2. The lowest BCUT2D eigenvalue weighted by molar-refractivity contribution is -0.128. The summed E-state index contributed by atoms with van der Waals surface area (Å²) in [4.78, 5) is 24.0. The Balaban J connectivity index is 2.23. The summed E-state index contributed by atoms with van der Waals surface area (Å²) >= 11 is 0. The number of benzene rings is 2. The number of amides is 2. The molecule has 5 heteroatoms. The Morgan fingerprint density at radius 3 is 2.48 bits per heavy atom. The smallest absolute Gasteiger partial charge is 0.247 e. The third-order valence-electron chi connectivity index (χ3n) is 3.09. The van der Waals surface area contributed by atoms with Crippen LogP contribution in [0.1, 0.15) is 11.1 Å². The van der Waals surface area contributed by atoms with E-state index in [1.54, 1.807) is 29.7 Å². The van der Waals surface area contributed by atoms with Crippen molar-refractivity contribution in [2.24, 2.45) is 0 Å². The number of carbonyl (C=O) groups excluding carboxylic acids is 2. The monoisotopic (exact) mass is 284 g/mol. The second kappa shape index (κ2) is 6.67. The zero-order chi connectivity index (χ0) is 15.2. The molecule has 0 fully saturated rings. The van der Waals surface area contributed by atoms with E-state index in [4.69, 9.17) is 5.21 Å². The minimum atomic E-state index is -0.478. The molecule has 0 heterocycles. The van der Waals surface area contributed by atoms with Crippen molar-refractivity contribution in [3.63, 3.8) is 0 Å². The Labute approximate surface area is 122 Å². The first-order chi connectivity index (χ1) is 10.1. The van der Waals surface area contributed by atoms with Crippen LogP contribution in [-0.4, -0.2) is 17.5 Å². The molecule has 0 aromatic heterocycles. The van der Waals surface area contributed by atoms with Gasteiger partial charge in [0.25, 0.3) is 0 Å². The van der Waals surface area contributed by atoms with Gasteiger partial charge in [-0.25, -0.2) is 5.48 Å². The molecule has 2 aromatic rings. The average molecular weight is 284 g/mol. The van der Waals surface area contributed by atoms with Gasteiger partial charge in [0.1, 0.15) is 0 Å². The highest BCUT2D eigenvalue weighted by Gasteiger charge is 2.09. The van der Waals surface area contributed by atoms with E-state index in [0.717, 1.165) is 23.2 Å². The molecular formula is C16H16N2O3. The Bertz CT molecular complexity index is 638. The van der Waals surface area contributed by atoms with Gasteiger partial charge in [-0.2, -0.15) is 0 Å². The minimum Gasteiger partial charge on any atom is -0.289 e. The van der Waals surface area contributed by atoms with Crippen LogP contribution in [0, 0.1) is 6.92 Å². The van der Waals surface area contributed by atoms with Crippen LogP contribution in [0.5, 0.6) is 0 Å². The third kappa shape index (κ3) is 3.67. The maximum absolute atomic E-state index is 11.4. The molecular weight excluding hydrogens is 268 g/mol. The van der Waals surface area contributed by atoms with Crippen molar-refractivity contribution >= 4 is 23.7 Å². The van der Waals surface area contributed by atoms with E-state index in [2.05, 4.69) is 0 Å². The number of rotatable bonds is 5. The molecule has 2 N–H and O–H groups in total. The fourth-order valence-electron chi connectivity index (χ4n) is 2.05. The van der Waals surface area contributed by atoms with Crippen molar-refractivity contribution < 1.29 is 14.8 Å². The summed E-state index contributed by atoms with van der Waals surface area (Å²) in [6.45, 7) is 1.96. The van der Waals surface area contributed by atoms with Crippen molar-refractivity contribution in [2.75, 3.05) is 4.90 Å². The van der Waals surface area contributed by atoms with Crippen molar-refractivity contribution in [3.05, 3.63) is 59.7 Å². The van der Waals surface area contributed by atoms with E-state index in [-0.39, 0.29) is 6.42 Å². The second-order valence-electron chi connectivity index (χ2n) is 4.69. The standard InChI is InChI=1S/C16H16N2O3/c1-12-3-2-4-15(9-12)18(11-19)14-7-5-13(6-8-14)10-16(20)17-21/h2-9,11,21H,10H2,1H3,(H,17,20). The third-order valence-corrected chi connectivity index (χ3v) is 3.09. The highest BCUT2D eigenvalue weighted by Crippen LogP contribution is 2.24.